The van der Waals surface area contributed by atoms with Crippen molar-refractivity contribution in [2.45, 2.75) is 12.8 Å². The Morgan fingerprint density at radius 2 is 2.00 bits per heavy atom. The van der Waals surface area contributed by atoms with Crippen LogP contribution in [-0.2, 0) is 0 Å². The number of nitro groups is 1. The van der Waals surface area contributed by atoms with E-state index in [0.717, 1.165) is 0 Å². The number of pyridine rings is 1. The molecule has 22 heavy (non-hydrogen) atoms. The van der Waals surface area contributed by atoms with Crippen molar-refractivity contribution >= 4 is 28.4 Å². The van der Waals surface area contributed by atoms with Gasteiger partial charge in [-0.15, -0.1) is 0 Å². The molecule has 8 heteroatoms. The molecule has 0 aliphatic carbocycles. The van der Waals surface area contributed by atoms with E-state index in [9.17, 15) is 14.9 Å². The highest BCUT2D eigenvalue weighted by atomic mass is 16.6. The molecule has 116 valence electrons. The number of anilines is 1. The lowest BCUT2D eigenvalue weighted by Crippen LogP contribution is -2.22. The summed E-state index contributed by atoms with van der Waals surface area (Å²) in [5.41, 5.74) is 1.06. The van der Waals surface area contributed by atoms with Gasteiger partial charge in [0, 0.05) is 18.5 Å². The zero-order valence-electron chi connectivity index (χ0n) is 11.8. The molecule has 0 atom stereocenters. The molecule has 0 fully saturated rings. The fourth-order valence-electron chi connectivity index (χ4n) is 2.11. The molecule has 0 saturated heterocycles. The van der Waals surface area contributed by atoms with Gasteiger partial charge in [-0.2, -0.15) is 0 Å². The molecule has 8 nitrogen and oxygen atoms in total. The minimum absolute atomic E-state index is 0.0673. The summed E-state index contributed by atoms with van der Waals surface area (Å²) in [5, 5.41) is 25.6. The van der Waals surface area contributed by atoms with Crippen molar-refractivity contribution in [3.63, 3.8) is 0 Å². The molecular formula is C14H16N4O4. The van der Waals surface area contributed by atoms with Gasteiger partial charge in [0.15, 0.2) is 0 Å². The number of aromatic nitrogens is 1. The third kappa shape index (κ3) is 3.81. The SMILES string of the molecule is O=C(O)NCCCCNc1c([N+](=O)[O-])cnc2ccccc12. The number of benzene rings is 1. The summed E-state index contributed by atoms with van der Waals surface area (Å²) in [4.78, 5) is 25.1. The molecule has 1 amide bonds. The summed E-state index contributed by atoms with van der Waals surface area (Å²) in [6, 6.07) is 7.20. The number of hydrogen-bond acceptors (Lipinski definition) is 5. The summed E-state index contributed by atoms with van der Waals surface area (Å²) < 4.78 is 0. The van der Waals surface area contributed by atoms with E-state index >= 15 is 0 Å². The number of hydrogen-bond donors (Lipinski definition) is 3. The third-order valence-electron chi connectivity index (χ3n) is 3.13. The highest BCUT2D eigenvalue weighted by molar-refractivity contribution is 5.95. The number of rotatable bonds is 7. The maximum atomic E-state index is 11.1. The number of carbonyl (C=O) groups is 1. The molecule has 0 aliphatic rings. The van der Waals surface area contributed by atoms with Gasteiger partial charge in [0.05, 0.1) is 10.4 Å². The number of unbranched alkanes of at least 4 members (excludes halogenated alkanes) is 1. The average molecular weight is 304 g/mol. The quantitative estimate of drug-likeness (QED) is 0.411. The number of fused-ring (bicyclic) bond motifs is 1. The standard InChI is InChI=1S/C14H16N4O4/c19-14(20)16-8-4-3-7-15-13-10-5-1-2-6-11(10)17-9-12(13)18(21)22/h1-2,5-6,9,16H,3-4,7-8H2,(H,15,17)(H,19,20). The predicted molar refractivity (Wildman–Crippen MR) is 82.1 cm³/mol. The highest BCUT2D eigenvalue weighted by Gasteiger charge is 2.17. The fraction of sp³-hybridized carbons (Fsp3) is 0.286. The lowest BCUT2D eigenvalue weighted by atomic mass is 10.1. The molecule has 2 aromatic rings. The van der Waals surface area contributed by atoms with Gasteiger partial charge < -0.3 is 15.7 Å². The lowest BCUT2D eigenvalue weighted by molar-refractivity contribution is -0.384. The van der Waals surface area contributed by atoms with Crippen molar-refractivity contribution in [1.82, 2.24) is 10.3 Å². The first-order chi connectivity index (χ1) is 10.6. The predicted octanol–water partition coefficient (Wildman–Crippen LogP) is 2.60. The molecule has 0 radical (unpaired) electrons. The normalized spacial score (nSPS) is 10.4. The molecule has 1 aromatic carbocycles. The van der Waals surface area contributed by atoms with Crippen molar-refractivity contribution in [1.29, 1.82) is 0 Å². The van der Waals surface area contributed by atoms with E-state index < -0.39 is 11.0 Å². The van der Waals surface area contributed by atoms with E-state index in [1.165, 1.54) is 6.20 Å². The Balaban J connectivity index is 2.06. The summed E-state index contributed by atoms with van der Waals surface area (Å²) >= 11 is 0. The second-order valence-electron chi connectivity index (χ2n) is 4.66. The first-order valence-corrected chi connectivity index (χ1v) is 6.82. The second-order valence-corrected chi connectivity index (χ2v) is 4.66. The van der Waals surface area contributed by atoms with Gasteiger partial charge in [-0.05, 0) is 18.9 Å². The van der Waals surface area contributed by atoms with Crippen LogP contribution in [0.25, 0.3) is 10.9 Å². The first kappa shape index (κ1) is 15.5. The second kappa shape index (κ2) is 7.21. The number of para-hydroxylation sites is 1. The van der Waals surface area contributed by atoms with Crippen molar-refractivity contribution in [2.75, 3.05) is 18.4 Å². The zero-order chi connectivity index (χ0) is 15.9. The van der Waals surface area contributed by atoms with Crippen LogP contribution >= 0.6 is 0 Å². The first-order valence-electron chi connectivity index (χ1n) is 6.82. The largest absolute Gasteiger partial charge is 0.465 e. The molecule has 0 saturated carbocycles. The van der Waals surface area contributed by atoms with Crippen LogP contribution in [0, 0.1) is 10.1 Å². The Hall–Kier alpha value is -2.90. The molecule has 2 rings (SSSR count). The number of nitrogens with one attached hydrogen (secondary N) is 2. The van der Waals surface area contributed by atoms with Crippen molar-refractivity contribution < 1.29 is 14.8 Å². The molecular weight excluding hydrogens is 288 g/mol. The van der Waals surface area contributed by atoms with E-state index in [4.69, 9.17) is 5.11 Å². The monoisotopic (exact) mass is 304 g/mol. The van der Waals surface area contributed by atoms with Crippen LogP contribution in [0.5, 0.6) is 0 Å². The minimum Gasteiger partial charge on any atom is -0.465 e. The summed E-state index contributed by atoms with van der Waals surface area (Å²) in [7, 11) is 0. The zero-order valence-corrected chi connectivity index (χ0v) is 11.8. The summed E-state index contributed by atoms with van der Waals surface area (Å²) in [6.07, 6.45) is 1.53. The smallest absolute Gasteiger partial charge is 0.404 e. The average Bonchev–Trinajstić information content (AvgIpc) is 2.50. The van der Waals surface area contributed by atoms with Crippen LogP contribution in [0.2, 0.25) is 0 Å². The van der Waals surface area contributed by atoms with Gasteiger partial charge in [-0.1, -0.05) is 18.2 Å². The van der Waals surface area contributed by atoms with Crippen LogP contribution in [0.4, 0.5) is 16.2 Å². The Bertz CT molecular complexity index is 690. The number of amides is 1. The minimum atomic E-state index is -1.05. The maximum absolute atomic E-state index is 11.1. The van der Waals surface area contributed by atoms with Gasteiger partial charge in [0.2, 0.25) is 0 Å². The topological polar surface area (TPSA) is 117 Å². The van der Waals surface area contributed by atoms with E-state index in [2.05, 4.69) is 15.6 Å². The fourth-order valence-corrected chi connectivity index (χ4v) is 2.11. The van der Waals surface area contributed by atoms with Gasteiger partial charge in [0.1, 0.15) is 11.9 Å². The van der Waals surface area contributed by atoms with Crippen LogP contribution < -0.4 is 10.6 Å². The lowest BCUT2D eigenvalue weighted by Gasteiger charge is -2.10. The molecule has 3 N–H and O–H groups in total. The molecule has 0 unspecified atom stereocenters. The van der Waals surface area contributed by atoms with Gasteiger partial charge in [-0.25, -0.2) is 9.78 Å². The number of carboxylic acid groups (broad SMARTS) is 1. The van der Waals surface area contributed by atoms with Crippen molar-refractivity contribution in [3.8, 4) is 0 Å². The van der Waals surface area contributed by atoms with E-state index in [-0.39, 0.29) is 5.69 Å². The maximum Gasteiger partial charge on any atom is 0.404 e. The Labute approximate surface area is 126 Å². The molecule has 1 heterocycles. The third-order valence-corrected chi connectivity index (χ3v) is 3.13. The Morgan fingerprint density at radius 1 is 1.27 bits per heavy atom. The number of nitrogens with zero attached hydrogens (tertiary/aromatic N) is 2. The van der Waals surface area contributed by atoms with Gasteiger partial charge >= 0.3 is 11.8 Å². The molecule has 1 aromatic heterocycles. The molecule has 0 aliphatic heterocycles. The van der Waals surface area contributed by atoms with E-state index in [1.807, 2.05) is 6.07 Å². The van der Waals surface area contributed by atoms with Crippen molar-refractivity contribution in [2.24, 2.45) is 0 Å². The van der Waals surface area contributed by atoms with Crippen LogP contribution in [-0.4, -0.2) is 34.2 Å². The Morgan fingerprint density at radius 3 is 2.73 bits per heavy atom. The Kier molecular flexibility index (Phi) is 5.07. The van der Waals surface area contributed by atoms with Crippen LogP contribution in [0.1, 0.15) is 12.8 Å². The molecule has 0 bridgehead atoms. The van der Waals surface area contributed by atoms with Crippen LogP contribution in [0.3, 0.4) is 0 Å². The van der Waals surface area contributed by atoms with Crippen LogP contribution in [0.15, 0.2) is 30.5 Å². The summed E-state index contributed by atoms with van der Waals surface area (Å²) in [6.45, 7) is 0.867. The van der Waals surface area contributed by atoms with Gasteiger partial charge in [-0.3, -0.25) is 10.1 Å². The summed E-state index contributed by atoms with van der Waals surface area (Å²) in [5.74, 6) is 0. The van der Waals surface area contributed by atoms with Gasteiger partial charge in [0.25, 0.3) is 0 Å². The highest BCUT2D eigenvalue weighted by Crippen LogP contribution is 2.31. The van der Waals surface area contributed by atoms with Crippen molar-refractivity contribution in [3.05, 3.63) is 40.6 Å². The molecule has 0 spiro atoms. The van der Waals surface area contributed by atoms with E-state index in [0.29, 0.717) is 42.5 Å². The van der Waals surface area contributed by atoms with E-state index in [1.54, 1.807) is 18.2 Å².